The molecule has 3 fully saturated rings. The van der Waals surface area contributed by atoms with Crippen molar-refractivity contribution in [2.24, 2.45) is 0 Å². The van der Waals surface area contributed by atoms with Crippen molar-refractivity contribution in [3.8, 4) is 0 Å². The quantitative estimate of drug-likeness (QED) is 0.438. The summed E-state index contributed by atoms with van der Waals surface area (Å²) in [4.78, 5) is 36.0. The fourth-order valence-corrected chi connectivity index (χ4v) is 8.28. The van der Waals surface area contributed by atoms with E-state index < -0.39 is 15.9 Å². The molecule has 0 bridgehead atoms. The van der Waals surface area contributed by atoms with Gasteiger partial charge in [-0.2, -0.15) is 0 Å². The van der Waals surface area contributed by atoms with E-state index in [4.69, 9.17) is 17.2 Å². The fourth-order valence-electron chi connectivity index (χ4n) is 5.20. The highest BCUT2D eigenvalue weighted by Gasteiger charge is 2.42. The maximum Gasteiger partial charge on any atom is 0.267 e. The number of thioether (sulfide) groups is 1. The number of carbonyl (C=O) groups is 1. The molecule has 0 radical (unpaired) electrons. The highest BCUT2D eigenvalue weighted by molar-refractivity contribution is 8.26. The van der Waals surface area contributed by atoms with Crippen LogP contribution in [0.25, 0.3) is 11.7 Å². The molecule has 0 aromatic carbocycles. The molecule has 11 heteroatoms. The summed E-state index contributed by atoms with van der Waals surface area (Å²) in [6.45, 7) is 4.85. The van der Waals surface area contributed by atoms with Crippen LogP contribution in [-0.2, 0) is 14.6 Å². The van der Waals surface area contributed by atoms with Crippen LogP contribution in [0.2, 0.25) is 0 Å². The Morgan fingerprint density at radius 1 is 1.23 bits per heavy atom. The van der Waals surface area contributed by atoms with Crippen molar-refractivity contribution in [2.45, 2.75) is 58.0 Å². The number of aryl methyl sites for hydroxylation is 1. The summed E-state index contributed by atoms with van der Waals surface area (Å²) >= 11 is 6.59. The zero-order valence-electron chi connectivity index (χ0n) is 19.8. The number of anilines is 1. The highest BCUT2D eigenvalue weighted by atomic mass is 32.2. The van der Waals surface area contributed by atoms with Crippen molar-refractivity contribution < 1.29 is 13.2 Å². The second-order valence-corrected chi connectivity index (χ2v) is 13.4. The molecule has 186 valence electrons. The van der Waals surface area contributed by atoms with Crippen molar-refractivity contribution in [1.82, 2.24) is 14.3 Å². The Morgan fingerprint density at radius 3 is 2.74 bits per heavy atom. The van der Waals surface area contributed by atoms with Gasteiger partial charge in [0.2, 0.25) is 0 Å². The van der Waals surface area contributed by atoms with E-state index in [1.54, 1.807) is 12.3 Å². The summed E-state index contributed by atoms with van der Waals surface area (Å²) in [6, 6.07) is 3.59. The molecule has 5 rings (SSSR count). The van der Waals surface area contributed by atoms with E-state index >= 15 is 0 Å². The summed E-state index contributed by atoms with van der Waals surface area (Å²) in [7, 11) is -3.17. The van der Waals surface area contributed by atoms with Gasteiger partial charge in [0.25, 0.3) is 11.5 Å². The van der Waals surface area contributed by atoms with Gasteiger partial charge in [-0.25, -0.2) is 13.4 Å². The number of aromatic nitrogens is 2. The zero-order valence-corrected chi connectivity index (χ0v) is 22.2. The number of hydrogen-bond acceptors (Lipinski definition) is 8. The van der Waals surface area contributed by atoms with Gasteiger partial charge < -0.3 is 4.90 Å². The van der Waals surface area contributed by atoms with Crippen LogP contribution in [0.15, 0.2) is 28.0 Å². The van der Waals surface area contributed by atoms with Gasteiger partial charge in [-0.05, 0) is 56.7 Å². The number of pyridine rings is 1. The number of amides is 1. The lowest BCUT2D eigenvalue weighted by Gasteiger charge is -2.37. The van der Waals surface area contributed by atoms with Gasteiger partial charge in [0, 0.05) is 18.8 Å². The first-order chi connectivity index (χ1) is 16.7. The standard InChI is InChI=1S/C24H28N4O4S3/c1-3-16-6-4-5-10-26(16)21-18(22(29)27-13-15(2)7-8-20(27)25-21)12-19-23(30)28(24(33)34-19)17-9-11-35(31,32)14-17/h7-8,12-13,16-17H,3-6,9-11,14H2,1-2H3. The number of carbonyl (C=O) groups excluding carboxylic acids is 1. The number of rotatable bonds is 4. The summed E-state index contributed by atoms with van der Waals surface area (Å²) in [5.74, 6) is 0.232. The van der Waals surface area contributed by atoms with Crippen molar-refractivity contribution >= 4 is 61.6 Å². The molecule has 3 aliphatic heterocycles. The van der Waals surface area contributed by atoms with Crippen LogP contribution in [0.1, 0.15) is 50.2 Å². The van der Waals surface area contributed by atoms with Crippen LogP contribution in [0.4, 0.5) is 5.82 Å². The third kappa shape index (κ3) is 4.53. The number of piperidine rings is 1. The minimum Gasteiger partial charge on any atom is -0.353 e. The Hall–Kier alpha value is -2.24. The third-order valence-electron chi connectivity index (χ3n) is 7.03. The van der Waals surface area contributed by atoms with Gasteiger partial charge in [0.05, 0.1) is 28.0 Å². The third-order valence-corrected chi connectivity index (χ3v) is 10.1. The Morgan fingerprint density at radius 2 is 2.03 bits per heavy atom. The molecule has 5 heterocycles. The second kappa shape index (κ2) is 9.33. The van der Waals surface area contributed by atoms with Crippen molar-refractivity contribution in [2.75, 3.05) is 23.0 Å². The van der Waals surface area contributed by atoms with Crippen LogP contribution in [-0.4, -0.2) is 63.1 Å². The van der Waals surface area contributed by atoms with E-state index in [9.17, 15) is 18.0 Å². The summed E-state index contributed by atoms with van der Waals surface area (Å²) in [5, 5.41) is 0. The van der Waals surface area contributed by atoms with Crippen LogP contribution in [0.5, 0.6) is 0 Å². The topological polar surface area (TPSA) is 92.1 Å². The SMILES string of the molecule is CCC1CCCCN1c1nc2ccc(C)cn2c(=O)c1C=C1SC(=S)N(C2CCS(=O)(=O)C2)C1=O. The molecule has 0 N–H and O–H groups in total. The first kappa shape index (κ1) is 24.5. The van der Waals surface area contributed by atoms with Gasteiger partial charge in [0.15, 0.2) is 9.84 Å². The largest absolute Gasteiger partial charge is 0.353 e. The van der Waals surface area contributed by atoms with E-state index in [1.165, 1.54) is 9.30 Å². The van der Waals surface area contributed by atoms with E-state index in [0.717, 1.165) is 49.6 Å². The van der Waals surface area contributed by atoms with Crippen molar-refractivity contribution in [1.29, 1.82) is 0 Å². The lowest BCUT2D eigenvalue weighted by atomic mass is 9.99. The molecule has 0 spiro atoms. The molecule has 8 nitrogen and oxygen atoms in total. The minimum atomic E-state index is -3.17. The van der Waals surface area contributed by atoms with Crippen LogP contribution >= 0.6 is 24.0 Å². The van der Waals surface area contributed by atoms with Crippen LogP contribution < -0.4 is 10.5 Å². The Bertz CT molecular complexity index is 1420. The Balaban J connectivity index is 1.62. The number of hydrogen-bond donors (Lipinski definition) is 0. The molecule has 2 atom stereocenters. The van der Waals surface area contributed by atoms with Gasteiger partial charge in [-0.1, -0.05) is 37.0 Å². The predicted octanol–water partition coefficient (Wildman–Crippen LogP) is 3.16. The molecule has 3 saturated heterocycles. The van der Waals surface area contributed by atoms with Crippen LogP contribution in [0, 0.1) is 6.92 Å². The molecular weight excluding hydrogens is 504 g/mol. The summed E-state index contributed by atoms with van der Waals surface area (Å²) < 4.78 is 25.9. The average molecular weight is 533 g/mol. The lowest BCUT2D eigenvalue weighted by molar-refractivity contribution is -0.123. The molecule has 0 aliphatic carbocycles. The van der Waals surface area contributed by atoms with E-state index in [1.807, 2.05) is 19.1 Å². The number of thiocarbonyl (C=S) groups is 1. The number of nitrogens with zero attached hydrogens (tertiary/aromatic N) is 4. The lowest BCUT2D eigenvalue weighted by Crippen LogP contribution is -2.41. The molecule has 35 heavy (non-hydrogen) atoms. The average Bonchev–Trinajstić information content (AvgIpc) is 3.32. The molecule has 2 aromatic rings. The number of sulfone groups is 1. The first-order valence-electron chi connectivity index (χ1n) is 12.0. The normalized spacial score (nSPS) is 25.8. The van der Waals surface area contributed by atoms with Crippen molar-refractivity contribution in [3.63, 3.8) is 0 Å². The maximum atomic E-state index is 13.7. The zero-order chi connectivity index (χ0) is 24.9. The first-order valence-corrected chi connectivity index (χ1v) is 15.0. The van der Waals surface area contributed by atoms with Gasteiger partial charge in [-0.3, -0.25) is 18.9 Å². The fraction of sp³-hybridized carbons (Fsp3) is 0.500. The van der Waals surface area contributed by atoms with Gasteiger partial charge in [0.1, 0.15) is 15.8 Å². The van der Waals surface area contributed by atoms with Gasteiger partial charge in [-0.15, -0.1) is 0 Å². The molecule has 3 aliphatic rings. The minimum absolute atomic E-state index is 0.0561. The Labute approximate surface area is 214 Å². The van der Waals surface area contributed by atoms with Crippen LogP contribution in [0.3, 0.4) is 0 Å². The summed E-state index contributed by atoms with van der Waals surface area (Å²) in [6.07, 6.45) is 7.87. The predicted molar refractivity (Wildman–Crippen MR) is 144 cm³/mol. The van der Waals surface area contributed by atoms with E-state index in [2.05, 4.69) is 11.8 Å². The second-order valence-electron chi connectivity index (χ2n) is 9.45. The van der Waals surface area contributed by atoms with Gasteiger partial charge >= 0.3 is 0 Å². The van der Waals surface area contributed by atoms with E-state index in [0.29, 0.717) is 32.7 Å². The molecule has 1 amide bonds. The molecule has 0 saturated carbocycles. The Kier molecular flexibility index (Phi) is 6.52. The van der Waals surface area contributed by atoms with Crippen molar-refractivity contribution in [3.05, 3.63) is 44.7 Å². The smallest absolute Gasteiger partial charge is 0.267 e. The number of fused-ring (bicyclic) bond motifs is 1. The highest BCUT2D eigenvalue weighted by Crippen LogP contribution is 2.37. The molecule has 2 unspecified atom stereocenters. The summed E-state index contributed by atoms with van der Waals surface area (Å²) in [5.41, 5.74) is 1.63. The van der Waals surface area contributed by atoms with E-state index in [-0.39, 0.29) is 29.0 Å². The molecular formula is C24H28N4O4S3. The monoisotopic (exact) mass is 532 g/mol. The molecule has 2 aromatic heterocycles. The maximum absolute atomic E-state index is 13.7.